The fourth-order valence-corrected chi connectivity index (χ4v) is 4.87. The highest BCUT2D eigenvalue weighted by molar-refractivity contribution is 5.79. The number of rotatable bonds is 4. The van der Waals surface area contributed by atoms with Crippen LogP contribution in [0.5, 0.6) is 34.5 Å². The quantitative estimate of drug-likeness (QED) is 0.764. The Morgan fingerprint density at radius 1 is 1.00 bits per heavy atom. The van der Waals surface area contributed by atoms with Gasteiger partial charge in [0.15, 0.2) is 23.0 Å². The fraction of sp³-hybridized carbons (Fsp3) is 0.409. The van der Waals surface area contributed by atoms with Crippen LogP contribution in [0.4, 0.5) is 0 Å². The maximum atomic E-state index is 12.7. The zero-order chi connectivity index (χ0) is 21.0. The van der Waals surface area contributed by atoms with E-state index in [9.17, 15) is 9.90 Å². The monoisotopic (exact) mass is 414 g/mol. The van der Waals surface area contributed by atoms with Gasteiger partial charge in [0, 0.05) is 17.4 Å². The van der Waals surface area contributed by atoms with E-state index in [1.807, 2.05) is 18.2 Å². The van der Waals surface area contributed by atoms with Gasteiger partial charge in [-0.25, -0.2) is 0 Å². The van der Waals surface area contributed by atoms with Gasteiger partial charge >= 0.3 is 5.97 Å². The molecule has 5 rings (SSSR count). The maximum absolute atomic E-state index is 12.7. The van der Waals surface area contributed by atoms with Crippen LogP contribution in [-0.4, -0.2) is 45.8 Å². The van der Waals surface area contributed by atoms with Crippen molar-refractivity contribution in [3.8, 4) is 34.5 Å². The number of methoxy groups -OCH3 is 3. The van der Waals surface area contributed by atoms with Crippen LogP contribution in [0, 0.1) is 11.8 Å². The predicted octanol–water partition coefficient (Wildman–Crippen LogP) is 2.62. The molecule has 1 unspecified atom stereocenters. The van der Waals surface area contributed by atoms with Gasteiger partial charge in [-0.15, -0.1) is 0 Å². The highest BCUT2D eigenvalue weighted by atomic mass is 16.7. The van der Waals surface area contributed by atoms with Crippen molar-refractivity contribution < 1.29 is 38.3 Å². The number of hydrogen-bond donors (Lipinski definition) is 1. The van der Waals surface area contributed by atoms with E-state index in [-0.39, 0.29) is 36.3 Å². The number of carbonyl (C=O) groups is 1. The molecule has 1 fully saturated rings. The van der Waals surface area contributed by atoms with Crippen LogP contribution in [0.25, 0.3) is 0 Å². The summed E-state index contributed by atoms with van der Waals surface area (Å²) < 4.78 is 32.9. The van der Waals surface area contributed by atoms with Gasteiger partial charge in [0.1, 0.15) is 0 Å². The number of phenolic OH excluding ortho intramolecular Hbond substituents is 1. The molecular formula is C22H22O8. The summed E-state index contributed by atoms with van der Waals surface area (Å²) in [5.74, 6) is 1.27. The number of esters is 1. The summed E-state index contributed by atoms with van der Waals surface area (Å²) in [5.41, 5.74) is 2.36. The van der Waals surface area contributed by atoms with E-state index in [0.717, 1.165) is 16.7 Å². The summed E-state index contributed by atoms with van der Waals surface area (Å²) in [6, 6.07) is 5.53. The number of carbonyl (C=O) groups excluding carboxylic acids is 1. The summed E-state index contributed by atoms with van der Waals surface area (Å²) in [5, 5.41) is 10.9. The van der Waals surface area contributed by atoms with E-state index in [0.29, 0.717) is 41.8 Å². The third-order valence-electron chi connectivity index (χ3n) is 6.20. The van der Waals surface area contributed by atoms with E-state index in [1.165, 1.54) is 0 Å². The molecule has 2 aliphatic heterocycles. The second-order valence-corrected chi connectivity index (χ2v) is 7.58. The average molecular weight is 414 g/mol. The Balaban J connectivity index is 1.75. The lowest BCUT2D eigenvalue weighted by Gasteiger charge is -2.34. The third kappa shape index (κ3) is 2.56. The number of fused-ring (bicyclic) bond motifs is 3. The molecule has 2 aromatic carbocycles. The predicted molar refractivity (Wildman–Crippen MR) is 104 cm³/mol. The molecule has 8 heteroatoms. The first kappa shape index (κ1) is 18.7. The van der Waals surface area contributed by atoms with Crippen LogP contribution in [0.3, 0.4) is 0 Å². The van der Waals surface area contributed by atoms with Crippen molar-refractivity contribution in [2.75, 3.05) is 34.7 Å². The van der Waals surface area contributed by atoms with Crippen molar-refractivity contribution >= 4 is 5.97 Å². The molecule has 3 atom stereocenters. The molecule has 2 heterocycles. The van der Waals surface area contributed by atoms with Crippen molar-refractivity contribution in [1.82, 2.24) is 0 Å². The van der Waals surface area contributed by atoms with Crippen molar-refractivity contribution in [2.45, 2.75) is 12.3 Å². The zero-order valence-electron chi connectivity index (χ0n) is 16.9. The summed E-state index contributed by atoms with van der Waals surface area (Å²) in [7, 11) is 4.64. The summed E-state index contributed by atoms with van der Waals surface area (Å²) in [6.07, 6.45) is 0.523. The zero-order valence-corrected chi connectivity index (χ0v) is 16.9. The molecule has 1 N–H and O–H groups in total. The number of ether oxygens (including phenoxy) is 6. The van der Waals surface area contributed by atoms with Crippen LogP contribution < -0.4 is 23.7 Å². The molecule has 0 spiro atoms. The van der Waals surface area contributed by atoms with Crippen molar-refractivity contribution in [3.63, 3.8) is 0 Å². The van der Waals surface area contributed by atoms with Crippen molar-refractivity contribution in [3.05, 3.63) is 34.9 Å². The summed E-state index contributed by atoms with van der Waals surface area (Å²) in [4.78, 5) is 12.7. The van der Waals surface area contributed by atoms with Crippen LogP contribution in [0.15, 0.2) is 18.2 Å². The van der Waals surface area contributed by atoms with Crippen LogP contribution in [-0.2, 0) is 16.0 Å². The maximum Gasteiger partial charge on any atom is 0.310 e. The standard InChI is InChI=1S/C22H22O8/c1-25-14-5-10(6-15(26-2)20(14)27-3)17-12-7-16-21(30-9-29-16)19(23)13(12)4-11-8-28-22(24)18(11)17/h5-7,11,17-18,23H,4,8-9H2,1-3H3/t11-,17?,18+/m0/s1. The minimum atomic E-state index is -0.389. The van der Waals surface area contributed by atoms with Gasteiger partial charge in [-0.3, -0.25) is 4.79 Å². The van der Waals surface area contributed by atoms with E-state index < -0.39 is 0 Å². The van der Waals surface area contributed by atoms with Crippen LogP contribution >= 0.6 is 0 Å². The molecular weight excluding hydrogens is 392 g/mol. The Morgan fingerprint density at radius 2 is 1.73 bits per heavy atom. The molecule has 2 aromatic rings. The number of aromatic hydroxyl groups is 1. The Morgan fingerprint density at radius 3 is 2.40 bits per heavy atom. The smallest absolute Gasteiger partial charge is 0.310 e. The van der Waals surface area contributed by atoms with Gasteiger partial charge in [0.05, 0.1) is 33.9 Å². The number of cyclic esters (lactones) is 1. The Labute approximate surface area is 173 Å². The summed E-state index contributed by atoms with van der Waals surface area (Å²) in [6.45, 7) is 0.368. The van der Waals surface area contributed by atoms with Gasteiger partial charge in [0.2, 0.25) is 18.3 Å². The van der Waals surface area contributed by atoms with Gasteiger partial charge in [-0.2, -0.15) is 0 Å². The molecule has 0 saturated carbocycles. The Hall–Kier alpha value is -3.29. The Kier molecular flexibility index (Phi) is 4.30. The minimum absolute atomic E-state index is 0.0511. The topological polar surface area (TPSA) is 92.7 Å². The highest BCUT2D eigenvalue weighted by Crippen LogP contribution is 2.55. The molecule has 1 aliphatic carbocycles. The SMILES string of the molecule is COc1cc(C2c3cc4c(c(O)c3C[C@H]3COC(=O)[C@@H]23)OCO4)cc(OC)c1OC. The lowest BCUT2D eigenvalue weighted by atomic mass is 9.67. The number of benzene rings is 2. The lowest BCUT2D eigenvalue weighted by molar-refractivity contribution is -0.141. The van der Waals surface area contributed by atoms with E-state index in [1.54, 1.807) is 21.3 Å². The molecule has 1 saturated heterocycles. The largest absolute Gasteiger partial charge is 0.504 e. The molecule has 158 valence electrons. The first-order valence-electron chi connectivity index (χ1n) is 9.68. The summed E-state index contributed by atoms with van der Waals surface area (Å²) >= 11 is 0. The molecule has 0 aromatic heterocycles. The lowest BCUT2D eigenvalue weighted by Crippen LogP contribution is -2.31. The normalized spacial score (nSPS) is 23.4. The van der Waals surface area contributed by atoms with Gasteiger partial charge in [0.25, 0.3) is 0 Å². The number of hydrogen-bond acceptors (Lipinski definition) is 8. The highest BCUT2D eigenvalue weighted by Gasteiger charge is 2.49. The van der Waals surface area contributed by atoms with E-state index in [4.69, 9.17) is 28.4 Å². The first-order valence-corrected chi connectivity index (χ1v) is 9.68. The number of phenols is 1. The molecule has 0 bridgehead atoms. The molecule has 8 nitrogen and oxygen atoms in total. The molecule has 0 amide bonds. The third-order valence-corrected chi connectivity index (χ3v) is 6.20. The Bertz CT molecular complexity index is 1010. The van der Waals surface area contributed by atoms with E-state index in [2.05, 4.69) is 0 Å². The average Bonchev–Trinajstić information content (AvgIpc) is 3.38. The second-order valence-electron chi connectivity index (χ2n) is 7.58. The van der Waals surface area contributed by atoms with Gasteiger partial charge in [-0.1, -0.05) is 0 Å². The van der Waals surface area contributed by atoms with Crippen molar-refractivity contribution in [2.24, 2.45) is 11.8 Å². The molecule has 30 heavy (non-hydrogen) atoms. The van der Waals surface area contributed by atoms with Crippen LogP contribution in [0.1, 0.15) is 22.6 Å². The van der Waals surface area contributed by atoms with Gasteiger partial charge in [-0.05, 0) is 35.7 Å². The second kappa shape index (κ2) is 6.90. The first-order chi connectivity index (χ1) is 14.6. The van der Waals surface area contributed by atoms with E-state index >= 15 is 0 Å². The van der Waals surface area contributed by atoms with Crippen molar-refractivity contribution in [1.29, 1.82) is 0 Å². The minimum Gasteiger partial charge on any atom is -0.504 e. The fourth-order valence-electron chi connectivity index (χ4n) is 4.87. The van der Waals surface area contributed by atoms with Gasteiger partial charge < -0.3 is 33.5 Å². The van der Waals surface area contributed by atoms with Crippen LogP contribution in [0.2, 0.25) is 0 Å². The molecule has 3 aliphatic rings. The molecule has 0 radical (unpaired) electrons.